The first-order valence-electron chi connectivity index (χ1n) is 7.06. The number of methoxy groups -OCH3 is 1. The Morgan fingerprint density at radius 2 is 2.21 bits per heavy atom. The lowest BCUT2D eigenvalue weighted by molar-refractivity contribution is 0.233. The minimum absolute atomic E-state index is 0.654. The molecule has 2 radical (unpaired) electrons. The highest BCUT2D eigenvalue weighted by atomic mass is 16.5. The van der Waals surface area contributed by atoms with Crippen molar-refractivity contribution in [2.45, 2.75) is 39.5 Å². The lowest BCUT2D eigenvalue weighted by atomic mass is 10.0. The molecule has 0 amide bonds. The monoisotopic (exact) mass is 260 g/mol. The van der Waals surface area contributed by atoms with E-state index in [2.05, 4.69) is 26.2 Å². The molecule has 2 heteroatoms. The van der Waals surface area contributed by atoms with E-state index in [0.717, 1.165) is 17.9 Å². The molecule has 0 aromatic heterocycles. The summed E-state index contributed by atoms with van der Waals surface area (Å²) in [6, 6.07) is 8.92. The molecule has 0 saturated carbocycles. The Morgan fingerprint density at radius 1 is 1.37 bits per heavy atom. The summed E-state index contributed by atoms with van der Waals surface area (Å²) in [5.41, 5.74) is 0.937. The highest BCUT2D eigenvalue weighted by Gasteiger charge is 2.06. The zero-order valence-electron chi connectivity index (χ0n) is 12.2. The fourth-order valence-corrected chi connectivity index (χ4v) is 1.84. The van der Waals surface area contributed by atoms with Crippen LogP contribution in [0.5, 0.6) is 5.75 Å². The molecule has 19 heavy (non-hydrogen) atoms. The van der Waals surface area contributed by atoms with Gasteiger partial charge in [0.25, 0.3) is 0 Å². The maximum absolute atomic E-state index is 5.82. The van der Waals surface area contributed by atoms with Gasteiger partial charge in [0.15, 0.2) is 6.26 Å². The van der Waals surface area contributed by atoms with Crippen LogP contribution >= 0.6 is 0 Å². The summed E-state index contributed by atoms with van der Waals surface area (Å²) in [7, 11) is 1.58. The minimum atomic E-state index is 0.654. The second-order valence-corrected chi connectivity index (χ2v) is 4.67. The first kappa shape index (κ1) is 15.6. The van der Waals surface area contributed by atoms with Gasteiger partial charge in [-0.05, 0) is 42.2 Å². The van der Waals surface area contributed by atoms with Gasteiger partial charge in [-0.2, -0.15) is 0 Å². The van der Waals surface area contributed by atoms with E-state index >= 15 is 0 Å². The van der Waals surface area contributed by atoms with Crippen LogP contribution < -0.4 is 4.74 Å². The third-order valence-corrected chi connectivity index (χ3v) is 3.17. The van der Waals surface area contributed by atoms with Crippen molar-refractivity contribution in [2.75, 3.05) is 13.7 Å². The zero-order chi connectivity index (χ0) is 13.9. The van der Waals surface area contributed by atoms with E-state index in [1.165, 1.54) is 25.7 Å². The quantitative estimate of drug-likeness (QED) is 0.608. The maximum atomic E-state index is 5.82. The van der Waals surface area contributed by atoms with E-state index < -0.39 is 0 Å². The van der Waals surface area contributed by atoms with Crippen molar-refractivity contribution >= 4 is 6.08 Å². The highest BCUT2D eigenvalue weighted by molar-refractivity contribution is 5.47. The number of unbranched alkanes of at least 4 members (excludes halogenated alkanes) is 1. The van der Waals surface area contributed by atoms with Gasteiger partial charge in [-0.1, -0.05) is 39.2 Å². The highest BCUT2D eigenvalue weighted by Crippen LogP contribution is 2.17. The third-order valence-electron chi connectivity index (χ3n) is 3.17. The van der Waals surface area contributed by atoms with E-state index in [9.17, 15) is 0 Å². The average Bonchev–Trinajstić information content (AvgIpc) is 2.46. The summed E-state index contributed by atoms with van der Waals surface area (Å²) in [6.45, 7) is 5.25. The van der Waals surface area contributed by atoms with Crippen molar-refractivity contribution in [3.8, 4) is 5.75 Å². The molecule has 1 rings (SSSR count). The Balaban J connectivity index is 2.42. The Morgan fingerprint density at radius 3 is 2.79 bits per heavy atom. The molecule has 1 aromatic rings. The van der Waals surface area contributed by atoms with Crippen LogP contribution in [0.4, 0.5) is 0 Å². The van der Waals surface area contributed by atoms with Gasteiger partial charge < -0.3 is 9.47 Å². The summed E-state index contributed by atoms with van der Waals surface area (Å²) in [5.74, 6) is 1.53. The largest absolute Gasteiger partial charge is 0.493 e. The number of ether oxygens (including phenoxy) is 2. The first-order valence-corrected chi connectivity index (χ1v) is 7.06. The molecule has 0 N–H and O–H groups in total. The molecule has 0 aliphatic carbocycles. The molecule has 0 aliphatic rings. The summed E-state index contributed by atoms with van der Waals surface area (Å²) < 4.78 is 10.6. The third kappa shape index (κ3) is 6.32. The molecule has 0 heterocycles. The van der Waals surface area contributed by atoms with E-state index in [4.69, 9.17) is 9.47 Å². The van der Waals surface area contributed by atoms with Gasteiger partial charge in [0.2, 0.25) is 0 Å². The number of benzene rings is 1. The molecule has 0 spiro atoms. The van der Waals surface area contributed by atoms with Gasteiger partial charge in [0.05, 0.1) is 13.7 Å². The fraction of sp³-hybridized carbons (Fsp3) is 0.529. The zero-order valence-corrected chi connectivity index (χ0v) is 12.2. The van der Waals surface area contributed by atoms with E-state index in [0.29, 0.717) is 5.92 Å². The van der Waals surface area contributed by atoms with E-state index in [-0.39, 0.29) is 0 Å². The predicted molar refractivity (Wildman–Crippen MR) is 78.8 cm³/mol. The van der Waals surface area contributed by atoms with Crippen molar-refractivity contribution in [1.29, 1.82) is 0 Å². The van der Waals surface area contributed by atoms with Crippen LogP contribution in [0, 0.1) is 18.2 Å². The Labute approximate surface area is 117 Å². The second-order valence-electron chi connectivity index (χ2n) is 4.67. The second kappa shape index (κ2) is 9.48. The molecule has 1 aromatic carbocycles. The van der Waals surface area contributed by atoms with Crippen LogP contribution in [0.1, 0.15) is 45.1 Å². The molecule has 0 aliphatic heterocycles. The molecule has 0 bridgehead atoms. The summed E-state index contributed by atoms with van der Waals surface area (Å²) in [4.78, 5) is 0. The van der Waals surface area contributed by atoms with Crippen LogP contribution in [0.2, 0.25) is 0 Å². The summed E-state index contributed by atoms with van der Waals surface area (Å²) in [6.07, 6.45) is 9.38. The van der Waals surface area contributed by atoms with Crippen molar-refractivity contribution in [2.24, 2.45) is 5.92 Å². The maximum Gasteiger partial charge on any atom is 0.161 e. The van der Waals surface area contributed by atoms with Gasteiger partial charge in [0, 0.05) is 0 Å². The summed E-state index contributed by atoms with van der Waals surface area (Å²) in [5, 5.41) is 0. The smallest absolute Gasteiger partial charge is 0.161 e. The van der Waals surface area contributed by atoms with Crippen LogP contribution in [0.25, 0.3) is 6.08 Å². The number of hydrogen-bond donors (Lipinski definition) is 0. The van der Waals surface area contributed by atoms with Gasteiger partial charge in [-0.15, -0.1) is 0 Å². The fourth-order valence-electron chi connectivity index (χ4n) is 1.84. The Bertz CT molecular complexity index is 354. The number of hydrogen-bond acceptors (Lipinski definition) is 2. The van der Waals surface area contributed by atoms with Crippen LogP contribution in [0.15, 0.2) is 18.2 Å². The minimum Gasteiger partial charge on any atom is -0.493 e. The lowest BCUT2D eigenvalue weighted by Crippen LogP contribution is -2.11. The van der Waals surface area contributed by atoms with Crippen LogP contribution in [-0.4, -0.2) is 13.7 Å². The van der Waals surface area contributed by atoms with Crippen LogP contribution in [-0.2, 0) is 4.74 Å². The van der Waals surface area contributed by atoms with E-state index in [1.807, 2.05) is 18.2 Å². The van der Waals surface area contributed by atoms with Crippen molar-refractivity contribution < 1.29 is 9.47 Å². The van der Waals surface area contributed by atoms with Gasteiger partial charge >= 0.3 is 0 Å². The number of rotatable bonds is 9. The SMILES string of the molecule is CCCCC(CC)COc1c[c]c(C=[C]OC)cc1. The Kier molecular flexibility index (Phi) is 7.80. The van der Waals surface area contributed by atoms with Gasteiger partial charge in [0.1, 0.15) is 5.75 Å². The first-order chi connectivity index (χ1) is 9.30. The van der Waals surface area contributed by atoms with Crippen molar-refractivity contribution in [1.82, 2.24) is 0 Å². The van der Waals surface area contributed by atoms with Gasteiger partial charge in [-0.25, -0.2) is 0 Å². The molecular formula is C17H24O2. The Hall–Kier alpha value is -1.44. The van der Waals surface area contributed by atoms with Gasteiger partial charge in [-0.3, -0.25) is 0 Å². The topological polar surface area (TPSA) is 18.5 Å². The normalized spacial score (nSPS) is 12.6. The summed E-state index contributed by atoms with van der Waals surface area (Å²) >= 11 is 0. The van der Waals surface area contributed by atoms with Crippen LogP contribution in [0.3, 0.4) is 0 Å². The lowest BCUT2D eigenvalue weighted by Gasteiger charge is -2.15. The van der Waals surface area contributed by atoms with E-state index in [1.54, 1.807) is 13.2 Å². The predicted octanol–water partition coefficient (Wildman–Crippen LogP) is 4.50. The molecule has 0 fully saturated rings. The molecule has 104 valence electrons. The molecule has 0 saturated heterocycles. The van der Waals surface area contributed by atoms with Crippen molar-refractivity contribution in [3.63, 3.8) is 0 Å². The average molecular weight is 260 g/mol. The standard InChI is InChI=1S/C17H24O2/c1-4-6-7-15(5-2)14-19-17-10-8-16(9-11-17)12-13-18-3/h8,10-12,15H,4-7,14H2,1-3H3. The molecular weight excluding hydrogens is 236 g/mol. The molecule has 1 atom stereocenters. The molecule has 2 nitrogen and oxygen atoms in total. The van der Waals surface area contributed by atoms with Crippen molar-refractivity contribution in [3.05, 3.63) is 36.1 Å². The molecule has 1 unspecified atom stereocenters.